The van der Waals surface area contributed by atoms with Crippen molar-refractivity contribution in [2.45, 2.75) is 20.3 Å². The Kier molecular flexibility index (Phi) is 4.57. The van der Waals surface area contributed by atoms with Gasteiger partial charge in [-0.15, -0.1) is 0 Å². The van der Waals surface area contributed by atoms with E-state index in [1.165, 1.54) is 0 Å². The second kappa shape index (κ2) is 5.51. The molecule has 0 fully saturated rings. The van der Waals surface area contributed by atoms with E-state index in [4.69, 9.17) is 4.74 Å². The van der Waals surface area contributed by atoms with E-state index in [0.717, 1.165) is 6.20 Å². The Balaban J connectivity index is 3.16. The first-order chi connectivity index (χ1) is 7.49. The van der Waals surface area contributed by atoms with Gasteiger partial charge in [-0.2, -0.15) is 0 Å². The minimum atomic E-state index is -2.59. The molecule has 0 N–H and O–H groups in total. The quantitative estimate of drug-likeness (QED) is 0.627. The SMILES string of the molecule is CCOC(=O)c1ncc(C(F)F)c(I)c1C. The molecule has 0 amide bonds. The lowest BCUT2D eigenvalue weighted by Gasteiger charge is -2.09. The molecule has 0 atom stereocenters. The van der Waals surface area contributed by atoms with Crippen molar-refractivity contribution < 1.29 is 18.3 Å². The third-order valence-corrected chi connectivity index (χ3v) is 3.41. The zero-order valence-corrected chi connectivity index (χ0v) is 10.9. The molecule has 1 rings (SSSR count). The number of pyridine rings is 1. The molecular formula is C10H10F2INO2. The summed E-state index contributed by atoms with van der Waals surface area (Å²) in [4.78, 5) is 15.1. The molecule has 0 aliphatic heterocycles. The standard InChI is InChI=1S/C10H10F2INO2/c1-3-16-10(15)8-5(2)7(13)6(4-14-8)9(11)12/h4,9H,3H2,1-2H3. The van der Waals surface area contributed by atoms with Gasteiger partial charge in [0.05, 0.1) is 6.61 Å². The summed E-state index contributed by atoms with van der Waals surface area (Å²) in [5.74, 6) is -0.585. The average Bonchev–Trinajstić information content (AvgIpc) is 2.21. The van der Waals surface area contributed by atoms with E-state index < -0.39 is 12.4 Å². The maximum Gasteiger partial charge on any atom is 0.357 e. The largest absolute Gasteiger partial charge is 0.461 e. The zero-order chi connectivity index (χ0) is 12.3. The highest BCUT2D eigenvalue weighted by Crippen LogP contribution is 2.27. The highest BCUT2D eigenvalue weighted by Gasteiger charge is 2.20. The summed E-state index contributed by atoms with van der Waals surface area (Å²) in [6, 6.07) is 0. The molecule has 1 aromatic rings. The van der Waals surface area contributed by atoms with Crippen molar-refractivity contribution in [1.82, 2.24) is 4.98 Å². The smallest absolute Gasteiger partial charge is 0.357 e. The Bertz CT molecular complexity index is 410. The third kappa shape index (κ3) is 2.66. The number of aromatic nitrogens is 1. The summed E-state index contributed by atoms with van der Waals surface area (Å²) in [5, 5.41) is 0. The van der Waals surface area contributed by atoms with Crippen LogP contribution in [0, 0.1) is 10.5 Å². The molecule has 0 radical (unpaired) electrons. The van der Waals surface area contributed by atoms with Gasteiger partial charge in [0.2, 0.25) is 0 Å². The highest BCUT2D eigenvalue weighted by molar-refractivity contribution is 14.1. The number of hydrogen-bond donors (Lipinski definition) is 0. The van der Waals surface area contributed by atoms with Gasteiger partial charge in [-0.3, -0.25) is 0 Å². The Labute approximate surface area is 105 Å². The fourth-order valence-corrected chi connectivity index (χ4v) is 1.80. The topological polar surface area (TPSA) is 39.2 Å². The number of esters is 1. The number of halogens is 3. The summed E-state index contributed by atoms with van der Waals surface area (Å²) in [7, 11) is 0. The van der Waals surface area contributed by atoms with Crippen molar-refractivity contribution >= 4 is 28.6 Å². The van der Waals surface area contributed by atoms with Crippen molar-refractivity contribution in [2.24, 2.45) is 0 Å². The maximum absolute atomic E-state index is 12.5. The molecule has 0 unspecified atom stereocenters. The van der Waals surface area contributed by atoms with Crippen LogP contribution in [0.4, 0.5) is 8.78 Å². The predicted molar refractivity (Wildman–Crippen MR) is 62.6 cm³/mol. The number of rotatable bonds is 3. The van der Waals surface area contributed by atoms with Gasteiger partial charge in [0.15, 0.2) is 5.69 Å². The predicted octanol–water partition coefficient (Wildman–Crippen LogP) is 3.11. The Morgan fingerprint density at radius 2 is 2.25 bits per heavy atom. The Morgan fingerprint density at radius 3 is 2.75 bits per heavy atom. The van der Waals surface area contributed by atoms with Gasteiger partial charge in [-0.25, -0.2) is 18.6 Å². The molecule has 6 heteroatoms. The summed E-state index contributed by atoms with van der Waals surface area (Å²) in [5.41, 5.74) is 0.360. The third-order valence-electron chi connectivity index (χ3n) is 1.97. The van der Waals surface area contributed by atoms with Crippen LogP contribution in [0.5, 0.6) is 0 Å². The van der Waals surface area contributed by atoms with Gasteiger partial charge < -0.3 is 4.74 Å². The van der Waals surface area contributed by atoms with E-state index in [1.54, 1.807) is 36.4 Å². The van der Waals surface area contributed by atoms with Crippen molar-refractivity contribution in [3.05, 3.63) is 26.6 Å². The van der Waals surface area contributed by atoms with Crippen LogP contribution < -0.4 is 0 Å². The first kappa shape index (κ1) is 13.3. The maximum atomic E-state index is 12.5. The van der Waals surface area contributed by atoms with Crippen LogP contribution in [-0.4, -0.2) is 17.6 Å². The van der Waals surface area contributed by atoms with Gasteiger partial charge in [-0.05, 0) is 42.0 Å². The number of carbonyl (C=O) groups excluding carboxylic acids is 1. The van der Waals surface area contributed by atoms with Crippen molar-refractivity contribution in [1.29, 1.82) is 0 Å². The second-order valence-corrected chi connectivity index (χ2v) is 4.10. The van der Waals surface area contributed by atoms with Gasteiger partial charge in [0.1, 0.15) is 0 Å². The van der Waals surface area contributed by atoms with E-state index in [-0.39, 0.29) is 17.9 Å². The van der Waals surface area contributed by atoms with Crippen molar-refractivity contribution in [3.8, 4) is 0 Å². The molecule has 1 aromatic heterocycles. The summed E-state index contributed by atoms with van der Waals surface area (Å²) < 4.78 is 30.2. The molecule has 0 aliphatic rings. The first-order valence-corrected chi connectivity index (χ1v) is 5.67. The lowest BCUT2D eigenvalue weighted by Crippen LogP contribution is -2.11. The average molecular weight is 341 g/mol. The summed E-state index contributed by atoms with van der Waals surface area (Å²) in [6.07, 6.45) is -1.57. The van der Waals surface area contributed by atoms with Crippen LogP contribution in [0.15, 0.2) is 6.20 Å². The monoisotopic (exact) mass is 341 g/mol. The molecule has 0 saturated carbocycles. The normalized spacial score (nSPS) is 10.6. The molecule has 0 aromatic carbocycles. The van der Waals surface area contributed by atoms with Crippen LogP contribution in [0.2, 0.25) is 0 Å². The van der Waals surface area contributed by atoms with E-state index in [0.29, 0.717) is 9.13 Å². The molecule has 0 saturated heterocycles. The number of carbonyl (C=O) groups is 1. The van der Waals surface area contributed by atoms with Gasteiger partial charge in [0, 0.05) is 15.3 Å². The van der Waals surface area contributed by atoms with Crippen LogP contribution in [-0.2, 0) is 4.74 Å². The van der Waals surface area contributed by atoms with Crippen molar-refractivity contribution in [3.63, 3.8) is 0 Å². The van der Waals surface area contributed by atoms with Gasteiger partial charge >= 0.3 is 5.97 Å². The summed E-state index contributed by atoms with van der Waals surface area (Å²) >= 11 is 1.78. The number of hydrogen-bond acceptors (Lipinski definition) is 3. The molecule has 88 valence electrons. The van der Waals surface area contributed by atoms with Gasteiger partial charge in [0.25, 0.3) is 6.43 Å². The molecule has 0 bridgehead atoms. The van der Waals surface area contributed by atoms with Crippen LogP contribution >= 0.6 is 22.6 Å². The highest BCUT2D eigenvalue weighted by atomic mass is 127. The molecule has 0 spiro atoms. The molecule has 3 nitrogen and oxygen atoms in total. The fourth-order valence-electron chi connectivity index (χ4n) is 1.17. The van der Waals surface area contributed by atoms with E-state index in [1.807, 2.05) is 0 Å². The lowest BCUT2D eigenvalue weighted by molar-refractivity contribution is 0.0517. The first-order valence-electron chi connectivity index (χ1n) is 4.59. The van der Waals surface area contributed by atoms with Crippen LogP contribution in [0.3, 0.4) is 0 Å². The van der Waals surface area contributed by atoms with Crippen molar-refractivity contribution in [2.75, 3.05) is 6.61 Å². The molecule has 0 aliphatic carbocycles. The zero-order valence-electron chi connectivity index (χ0n) is 8.76. The summed E-state index contributed by atoms with van der Waals surface area (Å²) in [6.45, 7) is 3.48. The molecular weight excluding hydrogens is 331 g/mol. The van der Waals surface area contributed by atoms with Crippen LogP contribution in [0.1, 0.15) is 35.0 Å². The lowest BCUT2D eigenvalue weighted by atomic mass is 10.1. The molecule has 1 heterocycles. The second-order valence-electron chi connectivity index (χ2n) is 3.02. The Hall–Kier alpha value is -0.790. The molecule has 16 heavy (non-hydrogen) atoms. The van der Waals surface area contributed by atoms with E-state index in [2.05, 4.69) is 4.98 Å². The minimum Gasteiger partial charge on any atom is -0.461 e. The van der Waals surface area contributed by atoms with E-state index >= 15 is 0 Å². The van der Waals surface area contributed by atoms with E-state index in [9.17, 15) is 13.6 Å². The Morgan fingerprint density at radius 1 is 1.62 bits per heavy atom. The van der Waals surface area contributed by atoms with Crippen LogP contribution in [0.25, 0.3) is 0 Å². The number of alkyl halides is 2. The minimum absolute atomic E-state index is 0.0932. The van der Waals surface area contributed by atoms with Gasteiger partial charge in [-0.1, -0.05) is 0 Å². The number of ether oxygens (including phenoxy) is 1. The fraction of sp³-hybridized carbons (Fsp3) is 0.400. The number of nitrogens with zero attached hydrogens (tertiary/aromatic N) is 1.